The molecule has 0 unspecified atom stereocenters. The van der Waals surface area contributed by atoms with Crippen LogP contribution in [0, 0.1) is 13.8 Å². The van der Waals surface area contributed by atoms with Gasteiger partial charge in [-0.2, -0.15) is 0 Å². The van der Waals surface area contributed by atoms with Crippen molar-refractivity contribution in [3.63, 3.8) is 0 Å². The lowest BCUT2D eigenvalue weighted by Gasteiger charge is -2.05. The van der Waals surface area contributed by atoms with Gasteiger partial charge in [0.15, 0.2) is 9.84 Å². The fourth-order valence-corrected chi connectivity index (χ4v) is 3.98. The molecule has 0 saturated heterocycles. The molecule has 0 bridgehead atoms. The maximum absolute atomic E-state index is 12.1. The molecule has 0 saturated carbocycles. The van der Waals surface area contributed by atoms with Gasteiger partial charge in [-0.05, 0) is 25.0 Å². The molecule has 5 heteroatoms. The third-order valence-corrected chi connectivity index (χ3v) is 4.98. The standard InChI is InChI=1S/C13H15NO2S2/c1-10-5-3-4-6-12(10)8-18(15,16)9-13-7-17-11(2)14-13/h3-7H,8-9H2,1-2H3. The molecule has 0 aliphatic heterocycles. The Morgan fingerprint density at radius 3 is 2.50 bits per heavy atom. The predicted octanol–water partition coefficient (Wildman–Crippen LogP) is 2.87. The molecule has 0 radical (unpaired) electrons. The minimum absolute atomic E-state index is 0.0195. The van der Waals surface area contributed by atoms with Gasteiger partial charge in [0.1, 0.15) is 0 Å². The Balaban J connectivity index is 2.15. The summed E-state index contributed by atoms with van der Waals surface area (Å²) in [5, 5.41) is 2.71. The number of nitrogens with zero attached hydrogens (tertiary/aromatic N) is 1. The smallest absolute Gasteiger partial charge is 0.160 e. The van der Waals surface area contributed by atoms with E-state index in [1.807, 2.05) is 43.5 Å². The highest BCUT2D eigenvalue weighted by Gasteiger charge is 2.15. The molecular formula is C13H15NO2S2. The van der Waals surface area contributed by atoms with Crippen LogP contribution in [-0.2, 0) is 21.3 Å². The number of hydrogen-bond acceptors (Lipinski definition) is 4. The van der Waals surface area contributed by atoms with Crippen LogP contribution >= 0.6 is 11.3 Å². The summed E-state index contributed by atoms with van der Waals surface area (Å²) in [6.07, 6.45) is 0. The molecule has 0 amide bonds. The molecule has 0 N–H and O–H groups in total. The van der Waals surface area contributed by atoms with Gasteiger partial charge in [0.2, 0.25) is 0 Å². The molecule has 2 aromatic rings. The van der Waals surface area contributed by atoms with E-state index in [0.717, 1.165) is 16.1 Å². The van der Waals surface area contributed by atoms with Crippen molar-refractivity contribution in [2.45, 2.75) is 25.4 Å². The van der Waals surface area contributed by atoms with Crippen molar-refractivity contribution in [2.75, 3.05) is 0 Å². The van der Waals surface area contributed by atoms with Crippen molar-refractivity contribution in [2.24, 2.45) is 0 Å². The molecule has 0 spiro atoms. The van der Waals surface area contributed by atoms with E-state index < -0.39 is 9.84 Å². The lowest BCUT2D eigenvalue weighted by Crippen LogP contribution is -2.08. The third kappa shape index (κ3) is 3.40. The Bertz CT molecular complexity index is 645. The second-order valence-electron chi connectivity index (χ2n) is 4.32. The second-order valence-corrected chi connectivity index (χ2v) is 7.44. The molecule has 0 aliphatic carbocycles. The van der Waals surface area contributed by atoms with Crippen LogP contribution in [0.1, 0.15) is 21.8 Å². The highest BCUT2D eigenvalue weighted by Crippen LogP contribution is 2.16. The number of sulfone groups is 1. The summed E-state index contributed by atoms with van der Waals surface area (Å²) in [5.74, 6) is 0.0991. The number of rotatable bonds is 4. The molecule has 96 valence electrons. The van der Waals surface area contributed by atoms with Gasteiger partial charge < -0.3 is 0 Å². The minimum atomic E-state index is -3.15. The largest absolute Gasteiger partial charge is 0.246 e. The van der Waals surface area contributed by atoms with Gasteiger partial charge in [-0.15, -0.1) is 11.3 Å². The van der Waals surface area contributed by atoms with E-state index in [4.69, 9.17) is 0 Å². The topological polar surface area (TPSA) is 47.0 Å². The predicted molar refractivity (Wildman–Crippen MR) is 74.4 cm³/mol. The molecule has 1 aromatic carbocycles. The Morgan fingerprint density at radius 1 is 1.17 bits per heavy atom. The van der Waals surface area contributed by atoms with Gasteiger partial charge in [0.25, 0.3) is 0 Å². The van der Waals surface area contributed by atoms with E-state index >= 15 is 0 Å². The molecule has 0 atom stereocenters. The van der Waals surface area contributed by atoms with E-state index in [9.17, 15) is 8.42 Å². The number of aromatic nitrogens is 1. The summed E-state index contributed by atoms with van der Waals surface area (Å²) in [5.41, 5.74) is 2.52. The van der Waals surface area contributed by atoms with Gasteiger partial charge in [0, 0.05) is 5.38 Å². The van der Waals surface area contributed by atoms with E-state index in [2.05, 4.69) is 4.98 Å². The number of aryl methyl sites for hydroxylation is 2. The van der Waals surface area contributed by atoms with E-state index in [0.29, 0.717) is 5.69 Å². The van der Waals surface area contributed by atoms with Crippen LogP contribution in [0.15, 0.2) is 29.6 Å². The summed E-state index contributed by atoms with van der Waals surface area (Å²) >= 11 is 1.48. The number of benzene rings is 1. The van der Waals surface area contributed by atoms with Crippen LogP contribution in [0.5, 0.6) is 0 Å². The maximum Gasteiger partial charge on any atom is 0.160 e. The van der Waals surface area contributed by atoms with Crippen molar-refractivity contribution in [3.05, 3.63) is 51.5 Å². The quantitative estimate of drug-likeness (QED) is 0.865. The first-order chi connectivity index (χ1) is 8.46. The SMILES string of the molecule is Cc1nc(CS(=O)(=O)Cc2ccccc2C)cs1. The van der Waals surface area contributed by atoms with Crippen molar-refractivity contribution in [1.82, 2.24) is 4.98 Å². The van der Waals surface area contributed by atoms with Crippen LogP contribution < -0.4 is 0 Å². The van der Waals surface area contributed by atoms with Crippen LogP contribution in [0.4, 0.5) is 0 Å². The highest BCUT2D eigenvalue weighted by molar-refractivity contribution is 7.89. The second kappa shape index (κ2) is 5.20. The van der Waals surface area contributed by atoms with Crippen LogP contribution in [-0.4, -0.2) is 13.4 Å². The first-order valence-electron chi connectivity index (χ1n) is 5.62. The summed E-state index contributed by atoms with van der Waals surface area (Å²) in [4.78, 5) is 4.20. The molecule has 0 aliphatic rings. The van der Waals surface area contributed by atoms with Crippen molar-refractivity contribution < 1.29 is 8.42 Å². The summed E-state index contributed by atoms with van der Waals surface area (Å²) < 4.78 is 24.2. The summed E-state index contributed by atoms with van der Waals surface area (Å²) in [6.45, 7) is 3.81. The Morgan fingerprint density at radius 2 is 1.89 bits per heavy atom. The molecule has 1 heterocycles. The van der Waals surface area contributed by atoms with Crippen LogP contribution in [0.3, 0.4) is 0 Å². The monoisotopic (exact) mass is 281 g/mol. The highest BCUT2D eigenvalue weighted by atomic mass is 32.2. The number of thiazole rings is 1. The van der Waals surface area contributed by atoms with E-state index in [1.165, 1.54) is 11.3 Å². The zero-order valence-electron chi connectivity index (χ0n) is 10.4. The maximum atomic E-state index is 12.1. The van der Waals surface area contributed by atoms with Gasteiger partial charge in [-0.1, -0.05) is 24.3 Å². The molecule has 2 rings (SSSR count). The number of hydrogen-bond donors (Lipinski definition) is 0. The van der Waals surface area contributed by atoms with Gasteiger partial charge >= 0.3 is 0 Å². The van der Waals surface area contributed by atoms with Crippen molar-refractivity contribution in [1.29, 1.82) is 0 Å². The Hall–Kier alpha value is -1.20. The molecule has 0 fully saturated rings. The lowest BCUT2D eigenvalue weighted by atomic mass is 10.1. The van der Waals surface area contributed by atoms with Crippen LogP contribution in [0.2, 0.25) is 0 Å². The van der Waals surface area contributed by atoms with E-state index in [-0.39, 0.29) is 11.5 Å². The zero-order valence-corrected chi connectivity index (χ0v) is 12.0. The molecule has 18 heavy (non-hydrogen) atoms. The van der Waals surface area contributed by atoms with Gasteiger partial charge in [0.05, 0.1) is 22.2 Å². The van der Waals surface area contributed by atoms with Gasteiger partial charge in [-0.25, -0.2) is 13.4 Å². The van der Waals surface area contributed by atoms with E-state index in [1.54, 1.807) is 0 Å². The Kier molecular flexibility index (Phi) is 3.82. The van der Waals surface area contributed by atoms with Crippen molar-refractivity contribution in [3.8, 4) is 0 Å². The normalized spacial score (nSPS) is 11.7. The fourth-order valence-electron chi connectivity index (χ4n) is 1.76. The average molecular weight is 281 g/mol. The first kappa shape index (κ1) is 13.2. The zero-order chi connectivity index (χ0) is 13.2. The molecular weight excluding hydrogens is 266 g/mol. The molecule has 1 aromatic heterocycles. The lowest BCUT2D eigenvalue weighted by molar-refractivity contribution is 0.594. The minimum Gasteiger partial charge on any atom is -0.246 e. The van der Waals surface area contributed by atoms with Crippen LogP contribution in [0.25, 0.3) is 0 Å². The summed E-state index contributed by atoms with van der Waals surface area (Å²) in [7, 11) is -3.15. The average Bonchev–Trinajstić information content (AvgIpc) is 2.66. The third-order valence-electron chi connectivity index (χ3n) is 2.67. The van der Waals surface area contributed by atoms with Crippen molar-refractivity contribution >= 4 is 21.2 Å². The first-order valence-corrected chi connectivity index (χ1v) is 8.32. The molecule has 3 nitrogen and oxygen atoms in total. The van der Waals surface area contributed by atoms with Gasteiger partial charge in [-0.3, -0.25) is 0 Å². The fraction of sp³-hybridized carbons (Fsp3) is 0.308. The Labute approximate surface area is 111 Å². The summed E-state index contributed by atoms with van der Waals surface area (Å²) in [6, 6.07) is 7.57.